The molecule has 0 heterocycles. The summed E-state index contributed by atoms with van der Waals surface area (Å²) in [6.07, 6.45) is 1.39. The zero-order valence-corrected chi connectivity index (χ0v) is 10.1. The van der Waals surface area contributed by atoms with E-state index in [0.717, 1.165) is 6.26 Å². The maximum absolute atomic E-state index is 11.0. The van der Waals surface area contributed by atoms with Gasteiger partial charge in [-0.25, -0.2) is 26.3 Å². The highest BCUT2D eigenvalue weighted by atomic mass is 32.2. The zero-order valence-electron chi connectivity index (χ0n) is 8.43. The van der Waals surface area contributed by atoms with E-state index in [9.17, 15) is 16.8 Å². The van der Waals surface area contributed by atoms with E-state index >= 15 is 0 Å². The summed E-state index contributed by atoms with van der Waals surface area (Å²) in [5.74, 6) is -0.341. The Labute approximate surface area is 90.0 Å². The number of hydrogen-bond donors (Lipinski definition) is 3. The molecular weight excluding hydrogens is 244 g/mol. The summed E-state index contributed by atoms with van der Waals surface area (Å²) in [4.78, 5) is 0. The van der Waals surface area contributed by atoms with Crippen molar-refractivity contribution >= 4 is 20.0 Å². The van der Waals surface area contributed by atoms with Crippen LogP contribution in [0.1, 0.15) is 6.42 Å². The van der Waals surface area contributed by atoms with E-state index in [1.165, 1.54) is 0 Å². The van der Waals surface area contributed by atoms with E-state index in [1.54, 1.807) is 0 Å². The summed E-state index contributed by atoms with van der Waals surface area (Å²) < 4.78 is 47.6. The lowest BCUT2D eigenvalue weighted by Crippen LogP contribution is -2.31. The molecule has 0 bridgehead atoms. The lowest BCUT2D eigenvalue weighted by molar-refractivity contribution is 0.319. The van der Waals surface area contributed by atoms with Gasteiger partial charge in [-0.2, -0.15) is 0 Å². The Morgan fingerprint density at radius 2 is 1.60 bits per heavy atom. The molecule has 0 atom stereocenters. The number of hydrogen-bond acceptors (Lipinski definition) is 5. The Morgan fingerprint density at radius 3 is 2.07 bits per heavy atom. The van der Waals surface area contributed by atoms with Gasteiger partial charge < -0.3 is 5.11 Å². The van der Waals surface area contributed by atoms with Crippen molar-refractivity contribution in [1.29, 1.82) is 0 Å². The summed E-state index contributed by atoms with van der Waals surface area (Å²) in [6, 6.07) is 0. The third kappa shape index (κ3) is 10.1. The summed E-state index contributed by atoms with van der Waals surface area (Å²) >= 11 is 0. The Hall–Kier alpha value is -0.220. The molecule has 0 aromatic carbocycles. The van der Waals surface area contributed by atoms with Crippen LogP contribution in [0.25, 0.3) is 0 Å². The number of rotatable bonds is 8. The maximum atomic E-state index is 11.0. The van der Waals surface area contributed by atoms with E-state index in [0.29, 0.717) is 6.42 Å². The molecule has 0 fully saturated rings. The zero-order chi connectivity index (χ0) is 11.9. The van der Waals surface area contributed by atoms with Gasteiger partial charge in [-0.3, -0.25) is 0 Å². The quantitative estimate of drug-likeness (QED) is 0.430. The second-order valence-electron chi connectivity index (χ2n) is 2.96. The van der Waals surface area contributed by atoms with E-state index < -0.39 is 26.7 Å². The third-order valence-corrected chi connectivity index (χ3v) is 3.49. The number of aliphatic hydroxyl groups is 1. The first-order valence-electron chi connectivity index (χ1n) is 4.30. The summed E-state index contributed by atoms with van der Waals surface area (Å²) in [5.41, 5.74) is 0. The van der Waals surface area contributed by atoms with Gasteiger partial charge >= 0.3 is 0 Å². The van der Waals surface area contributed by atoms with Crippen LogP contribution in [0.4, 0.5) is 0 Å². The van der Waals surface area contributed by atoms with Crippen LogP contribution in [-0.2, 0) is 20.0 Å². The van der Waals surface area contributed by atoms with Gasteiger partial charge in [-0.15, -0.1) is 0 Å². The molecule has 0 aliphatic heterocycles. The van der Waals surface area contributed by atoms with Gasteiger partial charge in [-0.1, -0.05) is 0 Å². The first kappa shape index (κ1) is 14.8. The largest absolute Gasteiger partial charge is 0.395 e. The minimum absolute atomic E-state index is 0.144. The molecule has 0 saturated heterocycles. The molecule has 92 valence electrons. The van der Waals surface area contributed by atoms with Gasteiger partial charge in [0.1, 0.15) is 0 Å². The molecule has 0 aliphatic rings. The van der Waals surface area contributed by atoms with Crippen molar-refractivity contribution in [2.24, 2.45) is 0 Å². The van der Waals surface area contributed by atoms with Crippen LogP contribution >= 0.6 is 0 Å². The van der Waals surface area contributed by atoms with Crippen molar-refractivity contribution < 1.29 is 21.9 Å². The number of nitrogens with one attached hydrogen (secondary N) is 2. The van der Waals surface area contributed by atoms with Crippen molar-refractivity contribution in [2.75, 3.05) is 31.7 Å². The van der Waals surface area contributed by atoms with Gasteiger partial charge in [0, 0.05) is 13.1 Å². The highest BCUT2D eigenvalue weighted by Gasteiger charge is 2.07. The fourth-order valence-corrected chi connectivity index (χ4v) is 2.12. The van der Waals surface area contributed by atoms with E-state index in [4.69, 9.17) is 5.11 Å². The average Bonchev–Trinajstić information content (AvgIpc) is 2.00. The van der Waals surface area contributed by atoms with Crippen molar-refractivity contribution in [3.05, 3.63) is 0 Å². The minimum atomic E-state index is -3.42. The molecular formula is C6H16N2O5S2. The Bertz CT molecular complexity index is 361. The highest BCUT2D eigenvalue weighted by Crippen LogP contribution is 1.84. The molecule has 0 aliphatic carbocycles. The summed E-state index contributed by atoms with van der Waals surface area (Å²) in [7, 11) is -6.64. The molecule has 0 spiro atoms. The van der Waals surface area contributed by atoms with Crippen molar-refractivity contribution in [3.63, 3.8) is 0 Å². The lowest BCUT2D eigenvalue weighted by atomic mass is 10.4. The molecule has 0 rings (SSSR count). The van der Waals surface area contributed by atoms with Gasteiger partial charge in [-0.05, 0) is 6.42 Å². The Balaban J connectivity index is 3.64. The molecule has 0 aromatic rings. The van der Waals surface area contributed by atoms with Gasteiger partial charge in [0.2, 0.25) is 20.0 Å². The SMILES string of the molecule is CS(=O)(=O)NCCCNS(=O)(=O)CCO. The van der Waals surface area contributed by atoms with Crippen LogP contribution < -0.4 is 9.44 Å². The predicted octanol–water partition coefficient (Wildman–Crippen LogP) is -2.16. The van der Waals surface area contributed by atoms with E-state index in [-0.39, 0.29) is 18.8 Å². The van der Waals surface area contributed by atoms with Crippen LogP contribution in [0.15, 0.2) is 0 Å². The molecule has 0 unspecified atom stereocenters. The van der Waals surface area contributed by atoms with Gasteiger partial charge in [0.05, 0.1) is 18.6 Å². The molecule has 0 amide bonds. The lowest BCUT2D eigenvalue weighted by Gasteiger charge is -2.05. The van der Waals surface area contributed by atoms with E-state index in [2.05, 4.69) is 9.44 Å². The molecule has 3 N–H and O–H groups in total. The smallest absolute Gasteiger partial charge is 0.213 e. The number of aliphatic hydroxyl groups excluding tert-OH is 1. The molecule has 0 radical (unpaired) electrons. The second-order valence-corrected chi connectivity index (χ2v) is 6.72. The second kappa shape index (κ2) is 6.38. The number of sulfonamides is 2. The Kier molecular flexibility index (Phi) is 6.29. The van der Waals surface area contributed by atoms with Crippen LogP contribution in [0.5, 0.6) is 0 Å². The molecule has 7 nitrogen and oxygen atoms in total. The summed E-state index contributed by atoms with van der Waals surface area (Å²) in [5, 5.41) is 8.40. The first-order chi connectivity index (χ1) is 6.77. The summed E-state index contributed by atoms with van der Waals surface area (Å²) in [6.45, 7) is -0.109. The van der Waals surface area contributed by atoms with Crippen LogP contribution in [0.3, 0.4) is 0 Å². The monoisotopic (exact) mass is 260 g/mol. The molecule has 9 heteroatoms. The average molecular weight is 260 g/mol. The fraction of sp³-hybridized carbons (Fsp3) is 1.00. The Morgan fingerprint density at radius 1 is 1.07 bits per heavy atom. The van der Waals surface area contributed by atoms with E-state index in [1.807, 2.05) is 0 Å². The van der Waals surface area contributed by atoms with Crippen molar-refractivity contribution in [1.82, 2.24) is 9.44 Å². The van der Waals surface area contributed by atoms with Gasteiger partial charge in [0.15, 0.2) is 0 Å². The maximum Gasteiger partial charge on any atom is 0.213 e. The topological polar surface area (TPSA) is 113 Å². The third-order valence-electron chi connectivity index (χ3n) is 1.40. The molecule has 0 aromatic heterocycles. The van der Waals surface area contributed by atoms with Gasteiger partial charge in [0.25, 0.3) is 0 Å². The molecule has 15 heavy (non-hydrogen) atoms. The molecule has 0 saturated carbocycles. The minimum Gasteiger partial charge on any atom is -0.395 e. The standard InChI is InChI=1S/C6H16N2O5S2/c1-14(10,11)7-3-2-4-8-15(12,13)6-5-9/h7-9H,2-6H2,1H3. The fourth-order valence-electron chi connectivity index (χ4n) is 0.766. The normalized spacial score (nSPS) is 12.9. The van der Waals surface area contributed by atoms with Crippen molar-refractivity contribution in [3.8, 4) is 0 Å². The first-order valence-corrected chi connectivity index (χ1v) is 7.84. The van der Waals surface area contributed by atoms with Crippen LogP contribution in [0, 0.1) is 0 Å². The van der Waals surface area contributed by atoms with Crippen LogP contribution in [-0.4, -0.2) is 53.6 Å². The predicted molar refractivity (Wildman–Crippen MR) is 56.3 cm³/mol. The van der Waals surface area contributed by atoms with Crippen LogP contribution in [0.2, 0.25) is 0 Å². The van der Waals surface area contributed by atoms with Crippen molar-refractivity contribution in [2.45, 2.75) is 6.42 Å². The highest BCUT2D eigenvalue weighted by molar-refractivity contribution is 7.89.